The molecule has 0 aliphatic carbocycles. The van der Waals surface area contributed by atoms with E-state index in [-0.39, 0.29) is 11.2 Å². The maximum Gasteiger partial charge on any atom is 0.142 e. The molecule has 2 rings (SSSR count). The zero-order valence-corrected chi connectivity index (χ0v) is 12.1. The number of halogens is 1. The minimum atomic E-state index is -0.247. The molecule has 0 heterocycles. The quantitative estimate of drug-likeness (QED) is 0.847. The lowest BCUT2D eigenvalue weighted by atomic mass is 9.87. The lowest BCUT2D eigenvalue weighted by Gasteiger charge is -2.20. The Balaban J connectivity index is 2.08. The first kappa shape index (κ1) is 14.4. The molecule has 0 saturated carbocycles. The van der Waals surface area contributed by atoms with Gasteiger partial charge in [-0.25, -0.2) is 4.39 Å². The first-order valence-corrected chi connectivity index (χ1v) is 6.63. The number of nitrogens with two attached hydrogens (primary N) is 1. The van der Waals surface area contributed by atoms with E-state index in [1.165, 1.54) is 17.7 Å². The van der Waals surface area contributed by atoms with Gasteiger partial charge in [0, 0.05) is 0 Å². The van der Waals surface area contributed by atoms with Crippen LogP contribution in [0.2, 0.25) is 0 Å². The summed E-state index contributed by atoms with van der Waals surface area (Å²) in [6.45, 7) is 6.79. The van der Waals surface area contributed by atoms with Crippen LogP contribution in [-0.2, 0) is 12.0 Å². The van der Waals surface area contributed by atoms with Gasteiger partial charge in [-0.3, -0.25) is 0 Å². The third kappa shape index (κ3) is 3.50. The number of nitrogen functional groups attached to an aromatic ring is 1. The normalized spacial score (nSPS) is 11.4. The zero-order chi connectivity index (χ0) is 14.8. The highest BCUT2D eigenvalue weighted by Crippen LogP contribution is 2.29. The molecule has 0 aliphatic rings. The molecular weight excluding hydrogens is 253 g/mol. The highest BCUT2D eigenvalue weighted by Gasteiger charge is 2.15. The topological polar surface area (TPSA) is 35.2 Å². The number of rotatable bonds is 3. The highest BCUT2D eigenvalue weighted by molar-refractivity contribution is 5.55. The average Bonchev–Trinajstić information content (AvgIpc) is 2.38. The van der Waals surface area contributed by atoms with Crippen molar-refractivity contribution in [2.24, 2.45) is 0 Å². The summed E-state index contributed by atoms with van der Waals surface area (Å²) < 4.78 is 18.5. The molecule has 2 nitrogen and oxygen atoms in total. The van der Waals surface area contributed by atoms with Gasteiger partial charge in [-0.05, 0) is 40.8 Å². The van der Waals surface area contributed by atoms with E-state index < -0.39 is 0 Å². The van der Waals surface area contributed by atoms with E-state index in [9.17, 15) is 4.39 Å². The minimum Gasteiger partial charge on any atom is -0.487 e. The molecule has 0 fully saturated rings. The zero-order valence-electron chi connectivity index (χ0n) is 12.1. The molecule has 2 aromatic rings. The van der Waals surface area contributed by atoms with Crippen LogP contribution in [-0.4, -0.2) is 0 Å². The van der Waals surface area contributed by atoms with Crippen molar-refractivity contribution in [3.8, 4) is 5.75 Å². The summed E-state index contributed by atoms with van der Waals surface area (Å²) in [5.74, 6) is 0.408. The number of anilines is 1. The van der Waals surface area contributed by atoms with Crippen LogP contribution in [0.15, 0.2) is 42.5 Å². The van der Waals surface area contributed by atoms with Crippen LogP contribution < -0.4 is 10.5 Å². The van der Waals surface area contributed by atoms with E-state index in [0.29, 0.717) is 18.0 Å². The summed E-state index contributed by atoms with van der Waals surface area (Å²) in [7, 11) is 0. The van der Waals surface area contributed by atoms with E-state index in [1.54, 1.807) is 12.1 Å². The largest absolute Gasteiger partial charge is 0.487 e. The van der Waals surface area contributed by atoms with Crippen LogP contribution in [0.4, 0.5) is 10.1 Å². The Bertz CT molecular complexity index is 585. The molecule has 20 heavy (non-hydrogen) atoms. The van der Waals surface area contributed by atoms with Gasteiger partial charge in [0.25, 0.3) is 0 Å². The van der Waals surface area contributed by atoms with Crippen molar-refractivity contribution in [2.75, 3.05) is 5.73 Å². The predicted molar refractivity (Wildman–Crippen MR) is 80.3 cm³/mol. The Morgan fingerprint density at radius 1 is 1.05 bits per heavy atom. The van der Waals surface area contributed by atoms with Gasteiger partial charge in [0.15, 0.2) is 0 Å². The SMILES string of the molecule is CC(C)(C)c1ccc(OCc2ccc(F)cc2)c(N)c1. The number of ether oxygens (including phenoxy) is 1. The summed E-state index contributed by atoms with van der Waals surface area (Å²) in [5.41, 5.74) is 8.78. The summed E-state index contributed by atoms with van der Waals surface area (Å²) >= 11 is 0. The molecule has 0 spiro atoms. The molecule has 0 aliphatic heterocycles. The van der Waals surface area contributed by atoms with Gasteiger partial charge in [0.1, 0.15) is 18.2 Å². The van der Waals surface area contributed by atoms with Gasteiger partial charge in [0.05, 0.1) is 5.69 Å². The molecule has 0 unspecified atom stereocenters. The van der Waals surface area contributed by atoms with Gasteiger partial charge in [-0.15, -0.1) is 0 Å². The molecule has 0 aromatic heterocycles. The smallest absolute Gasteiger partial charge is 0.142 e. The maximum atomic E-state index is 12.8. The molecule has 0 atom stereocenters. The van der Waals surface area contributed by atoms with Crippen molar-refractivity contribution >= 4 is 5.69 Å². The molecule has 0 amide bonds. The summed E-state index contributed by atoms with van der Waals surface area (Å²) in [4.78, 5) is 0. The monoisotopic (exact) mass is 273 g/mol. The van der Waals surface area contributed by atoms with E-state index in [2.05, 4.69) is 20.8 Å². The van der Waals surface area contributed by atoms with Crippen LogP contribution >= 0.6 is 0 Å². The van der Waals surface area contributed by atoms with Crippen LogP contribution in [0.3, 0.4) is 0 Å². The Labute approximate surface area is 119 Å². The van der Waals surface area contributed by atoms with Crippen LogP contribution in [0.5, 0.6) is 5.75 Å². The van der Waals surface area contributed by atoms with Gasteiger partial charge in [-0.1, -0.05) is 39.0 Å². The third-order valence-corrected chi connectivity index (χ3v) is 3.18. The standard InChI is InChI=1S/C17H20FNO/c1-17(2,3)13-6-9-16(15(19)10-13)20-11-12-4-7-14(18)8-5-12/h4-10H,11,19H2,1-3H3. The maximum absolute atomic E-state index is 12.8. The van der Waals surface area contributed by atoms with E-state index in [1.807, 2.05) is 18.2 Å². The first-order chi connectivity index (χ1) is 9.36. The van der Waals surface area contributed by atoms with E-state index >= 15 is 0 Å². The Hall–Kier alpha value is -2.03. The van der Waals surface area contributed by atoms with Crippen LogP contribution in [0, 0.1) is 5.82 Å². The molecular formula is C17H20FNO. The van der Waals surface area contributed by atoms with Crippen molar-refractivity contribution in [2.45, 2.75) is 32.8 Å². The van der Waals surface area contributed by atoms with Gasteiger partial charge >= 0.3 is 0 Å². The van der Waals surface area contributed by atoms with Crippen molar-refractivity contribution in [3.63, 3.8) is 0 Å². The minimum absolute atomic E-state index is 0.0591. The fraction of sp³-hybridized carbons (Fsp3) is 0.294. The van der Waals surface area contributed by atoms with E-state index in [0.717, 1.165) is 5.56 Å². The number of benzene rings is 2. The van der Waals surface area contributed by atoms with Gasteiger partial charge < -0.3 is 10.5 Å². The lowest BCUT2D eigenvalue weighted by molar-refractivity contribution is 0.307. The van der Waals surface area contributed by atoms with Gasteiger partial charge in [0.2, 0.25) is 0 Å². The number of hydrogen-bond acceptors (Lipinski definition) is 2. The number of hydrogen-bond donors (Lipinski definition) is 1. The second-order valence-electron chi connectivity index (χ2n) is 5.92. The fourth-order valence-electron chi connectivity index (χ4n) is 1.89. The highest BCUT2D eigenvalue weighted by atomic mass is 19.1. The summed E-state index contributed by atoms with van der Waals surface area (Å²) in [6.07, 6.45) is 0. The predicted octanol–water partition coefficient (Wildman–Crippen LogP) is 4.28. The fourth-order valence-corrected chi connectivity index (χ4v) is 1.89. The first-order valence-electron chi connectivity index (χ1n) is 6.63. The Kier molecular flexibility index (Phi) is 3.98. The summed E-state index contributed by atoms with van der Waals surface area (Å²) in [5, 5.41) is 0. The lowest BCUT2D eigenvalue weighted by Crippen LogP contribution is -2.11. The molecule has 0 saturated heterocycles. The van der Waals surface area contributed by atoms with Crippen LogP contribution in [0.1, 0.15) is 31.9 Å². The second-order valence-corrected chi connectivity index (χ2v) is 5.92. The van der Waals surface area contributed by atoms with Gasteiger partial charge in [-0.2, -0.15) is 0 Å². The molecule has 3 heteroatoms. The van der Waals surface area contributed by atoms with Crippen molar-refractivity contribution in [3.05, 3.63) is 59.4 Å². The van der Waals surface area contributed by atoms with Crippen molar-refractivity contribution in [1.29, 1.82) is 0 Å². The molecule has 2 aromatic carbocycles. The Morgan fingerprint density at radius 2 is 1.70 bits per heavy atom. The second kappa shape index (κ2) is 5.53. The molecule has 0 radical (unpaired) electrons. The third-order valence-electron chi connectivity index (χ3n) is 3.18. The summed E-state index contributed by atoms with van der Waals surface area (Å²) in [6, 6.07) is 12.1. The van der Waals surface area contributed by atoms with Crippen molar-refractivity contribution < 1.29 is 9.13 Å². The van der Waals surface area contributed by atoms with Crippen LogP contribution in [0.25, 0.3) is 0 Å². The average molecular weight is 273 g/mol. The molecule has 0 bridgehead atoms. The molecule has 106 valence electrons. The van der Waals surface area contributed by atoms with E-state index in [4.69, 9.17) is 10.5 Å². The Morgan fingerprint density at radius 3 is 2.25 bits per heavy atom. The molecule has 2 N–H and O–H groups in total. The van der Waals surface area contributed by atoms with Crippen molar-refractivity contribution in [1.82, 2.24) is 0 Å².